The fraction of sp³-hybridized carbons (Fsp3) is 0.188. The number of nitrogens with zero attached hydrogens (tertiary/aromatic N) is 1. The summed E-state index contributed by atoms with van der Waals surface area (Å²) in [5, 5.41) is 11.4. The molecule has 2 heterocycles. The van der Waals surface area contributed by atoms with Crippen molar-refractivity contribution in [1.82, 2.24) is 0 Å². The molecule has 3 rings (SSSR count). The molecule has 0 spiro atoms. The molecule has 0 saturated carbocycles. The number of rotatable bonds is 2. The van der Waals surface area contributed by atoms with E-state index < -0.39 is 0 Å². The van der Waals surface area contributed by atoms with E-state index >= 15 is 0 Å². The second-order valence-corrected chi connectivity index (χ2v) is 5.69. The van der Waals surface area contributed by atoms with Crippen LogP contribution in [0.1, 0.15) is 28.9 Å². The van der Waals surface area contributed by atoms with Gasteiger partial charge < -0.3 is 10.5 Å². The molecule has 0 bridgehead atoms. The van der Waals surface area contributed by atoms with Crippen LogP contribution in [-0.4, -0.2) is 0 Å². The van der Waals surface area contributed by atoms with Gasteiger partial charge in [0.1, 0.15) is 12.2 Å². The number of hydrogen-bond donors (Lipinski definition) is 1. The van der Waals surface area contributed by atoms with Crippen LogP contribution in [0.15, 0.2) is 59.3 Å². The Morgan fingerprint density at radius 1 is 1.20 bits per heavy atom. The molecule has 2 atom stereocenters. The predicted molar refractivity (Wildman–Crippen MR) is 78.8 cm³/mol. The third kappa shape index (κ3) is 2.28. The fourth-order valence-corrected chi connectivity index (χ4v) is 3.31. The summed E-state index contributed by atoms with van der Waals surface area (Å²) in [7, 11) is 0. The van der Waals surface area contributed by atoms with Crippen LogP contribution in [0.4, 0.5) is 0 Å². The third-order valence-corrected chi connectivity index (χ3v) is 4.48. The van der Waals surface area contributed by atoms with Gasteiger partial charge in [0.25, 0.3) is 0 Å². The van der Waals surface area contributed by atoms with Crippen LogP contribution in [0.25, 0.3) is 0 Å². The minimum atomic E-state index is -0.0719. The van der Waals surface area contributed by atoms with E-state index in [-0.39, 0.29) is 17.9 Å². The van der Waals surface area contributed by atoms with Crippen LogP contribution in [0.3, 0.4) is 0 Å². The van der Waals surface area contributed by atoms with E-state index in [0.717, 1.165) is 16.9 Å². The van der Waals surface area contributed by atoms with E-state index in [1.165, 1.54) is 0 Å². The van der Waals surface area contributed by atoms with Crippen molar-refractivity contribution in [3.8, 4) is 6.07 Å². The van der Waals surface area contributed by atoms with Crippen LogP contribution in [0, 0.1) is 11.3 Å². The van der Waals surface area contributed by atoms with Crippen LogP contribution in [0.5, 0.6) is 0 Å². The molecule has 0 aliphatic carbocycles. The van der Waals surface area contributed by atoms with Gasteiger partial charge in [0.2, 0.25) is 0 Å². The maximum Gasteiger partial charge on any atom is 0.199 e. The third-order valence-electron chi connectivity index (χ3n) is 3.52. The van der Waals surface area contributed by atoms with Gasteiger partial charge in [0.15, 0.2) is 5.88 Å². The molecule has 0 unspecified atom stereocenters. The minimum absolute atomic E-state index is 0.00190. The predicted octanol–water partition coefficient (Wildman–Crippen LogP) is 3.69. The molecule has 0 amide bonds. The summed E-state index contributed by atoms with van der Waals surface area (Å²) < 4.78 is 5.73. The highest BCUT2D eigenvalue weighted by Gasteiger charge is 2.32. The van der Waals surface area contributed by atoms with Gasteiger partial charge in [-0.15, -0.1) is 11.3 Å². The first-order chi connectivity index (χ1) is 9.79. The lowest BCUT2D eigenvalue weighted by Gasteiger charge is -2.30. The Hall–Kier alpha value is -2.25. The van der Waals surface area contributed by atoms with Crippen molar-refractivity contribution in [2.24, 2.45) is 5.73 Å². The van der Waals surface area contributed by atoms with Gasteiger partial charge in [-0.25, -0.2) is 0 Å². The van der Waals surface area contributed by atoms with Crippen LogP contribution in [-0.2, 0) is 4.74 Å². The number of hydrogen-bond acceptors (Lipinski definition) is 4. The summed E-state index contributed by atoms with van der Waals surface area (Å²) in [4.78, 5) is 1.14. The van der Waals surface area contributed by atoms with Crippen molar-refractivity contribution in [2.75, 3.05) is 0 Å². The lowest BCUT2D eigenvalue weighted by molar-refractivity contribution is 0.0866. The first kappa shape index (κ1) is 12.8. The van der Waals surface area contributed by atoms with E-state index in [9.17, 15) is 5.26 Å². The lowest BCUT2D eigenvalue weighted by atomic mass is 9.85. The molecule has 1 aliphatic heterocycles. The number of allylic oxidation sites excluding steroid dienone is 1. The zero-order valence-corrected chi connectivity index (χ0v) is 11.6. The summed E-state index contributed by atoms with van der Waals surface area (Å²) in [6.07, 6.45) is 0.672. The second kappa shape index (κ2) is 5.40. The number of benzene rings is 1. The van der Waals surface area contributed by atoms with Gasteiger partial charge in [-0.05, 0) is 17.0 Å². The summed E-state index contributed by atoms with van der Waals surface area (Å²) in [5.41, 5.74) is 7.59. The van der Waals surface area contributed by atoms with Gasteiger partial charge in [-0.1, -0.05) is 36.4 Å². The molecule has 20 heavy (non-hydrogen) atoms. The van der Waals surface area contributed by atoms with Gasteiger partial charge >= 0.3 is 0 Å². The topological polar surface area (TPSA) is 59.0 Å². The molecule has 2 aromatic rings. The first-order valence-electron chi connectivity index (χ1n) is 6.44. The van der Waals surface area contributed by atoms with Crippen molar-refractivity contribution in [3.63, 3.8) is 0 Å². The average Bonchev–Trinajstić information content (AvgIpc) is 3.01. The largest absolute Gasteiger partial charge is 0.470 e. The van der Waals surface area contributed by atoms with Crippen LogP contribution < -0.4 is 5.73 Å². The fourth-order valence-electron chi connectivity index (χ4n) is 2.54. The van der Waals surface area contributed by atoms with Gasteiger partial charge in [-0.3, -0.25) is 0 Å². The zero-order valence-electron chi connectivity index (χ0n) is 10.8. The Morgan fingerprint density at radius 3 is 2.65 bits per heavy atom. The van der Waals surface area contributed by atoms with E-state index in [0.29, 0.717) is 5.57 Å². The Balaban J connectivity index is 1.99. The minimum Gasteiger partial charge on any atom is -0.470 e. The second-order valence-electron chi connectivity index (χ2n) is 4.71. The van der Waals surface area contributed by atoms with E-state index in [1.54, 1.807) is 11.3 Å². The molecule has 1 aliphatic rings. The quantitative estimate of drug-likeness (QED) is 0.914. The maximum absolute atomic E-state index is 9.34. The monoisotopic (exact) mass is 282 g/mol. The number of nitrogens with two attached hydrogens (primary N) is 1. The van der Waals surface area contributed by atoms with Gasteiger partial charge in [0.05, 0.1) is 5.57 Å². The number of ether oxygens (including phenoxy) is 1. The molecule has 0 fully saturated rings. The molecule has 1 aromatic carbocycles. The highest BCUT2D eigenvalue weighted by Crippen LogP contribution is 2.42. The molecule has 4 heteroatoms. The first-order valence-corrected chi connectivity index (χ1v) is 7.32. The van der Waals surface area contributed by atoms with Gasteiger partial charge in [0, 0.05) is 17.2 Å². The van der Waals surface area contributed by atoms with E-state index in [4.69, 9.17) is 10.5 Å². The van der Waals surface area contributed by atoms with Crippen LogP contribution >= 0.6 is 11.3 Å². The molecule has 100 valence electrons. The average molecular weight is 282 g/mol. The Morgan fingerprint density at radius 2 is 2.00 bits per heavy atom. The van der Waals surface area contributed by atoms with Crippen LogP contribution in [0.2, 0.25) is 0 Å². The Bertz CT molecular complexity index is 656. The van der Waals surface area contributed by atoms with E-state index in [1.807, 2.05) is 47.8 Å². The van der Waals surface area contributed by atoms with E-state index in [2.05, 4.69) is 6.07 Å². The SMILES string of the molecule is N#CC1=C(N)O[C@H](c2cccs2)C[C@H]1c1ccccc1. The molecule has 3 nitrogen and oxygen atoms in total. The number of nitriles is 1. The maximum atomic E-state index is 9.34. The van der Waals surface area contributed by atoms with Crippen molar-refractivity contribution in [2.45, 2.75) is 18.4 Å². The highest BCUT2D eigenvalue weighted by atomic mass is 32.1. The normalized spacial score (nSPS) is 22.1. The lowest BCUT2D eigenvalue weighted by Crippen LogP contribution is -2.22. The molecule has 2 N–H and O–H groups in total. The van der Waals surface area contributed by atoms with Crippen molar-refractivity contribution in [3.05, 3.63) is 69.7 Å². The Kier molecular flexibility index (Phi) is 3.44. The Labute approximate surface area is 121 Å². The van der Waals surface area contributed by atoms with Crippen molar-refractivity contribution in [1.29, 1.82) is 5.26 Å². The molecular formula is C16H14N2OS. The summed E-state index contributed by atoms with van der Waals surface area (Å²) in [6.45, 7) is 0. The van der Waals surface area contributed by atoms with Crippen molar-refractivity contribution >= 4 is 11.3 Å². The number of thiophene rings is 1. The molecule has 1 aromatic heterocycles. The smallest absolute Gasteiger partial charge is 0.199 e. The van der Waals surface area contributed by atoms with Crippen molar-refractivity contribution < 1.29 is 4.74 Å². The summed E-state index contributed by atoms with van der Waals surface area (Å²) in [6, 6.07) is 16.2. The zero-order chi connectivity index (χ0) is 13.9. The highest BCUT2D eigenvalue weighted by molar-refractivity contribution is 7.10. The molecule has 0 radical (unpaired) electrons. The molecular weight excluding hydrogens is 268 g/mol. The standard InChI is InChI=1S/C16H14N2OS/c17-10-13-12(11-5-2-1-3-6-11)9-14(19-16(13)18)15-7-4-8-20-15/h1-8,12,14H,9,18H2/t12-,14-/m0/s1. The van der Waals surface area contributed by atoms with Gasteiger partial charge in [-0.2, -0.15) is 5.26 Å². The summed E-state index contributed by atoms with van der Waals surface area (Å²) >= 11 is 1.65. The summed E-state index contributed by atoms with van der Waals surface area (Å²) in [5.74, 6) is 0.257. The molecule has 0 saturated heterocycles.